The van der Waals surface area contributed by atoms with Gasteiger partial charge in [-0.1, -0.05) is 23.3 Å². The van der Waals surface area contributed by atoms with Gasteiger partial charge < -0.3 is 13.9 Å². The lowest BCUT2D eigenvalue weighted by Crippen LogP contribution is -2.29. The topological polar surface area (TPSA) is 127 Å². The van der Waals surface area contributed by atoms with Crippen molar-refractivity contribution in [2.45, 2.75) is 13.0 Å². The van der Waals surface area contributed by atoms with Crippen molar-refractivity contribution >= 4 is 17.9 Å². The van der Waals surface area contributed by atoms with Crippen LogP contribution < -0.4 is 10.1 Å². The second-order valence-electron chi connectivity index (χ2n) is 5.83. The minimum Gasteiger partial charge on any atom is -0.479 e. The lowest BCUT2D eigenvalue weighted by atomic mass is 10.2. The first-order valence-electron chi connectivity index (χ1n) is 8.57. The second kappa shape index (κ2) is 9.14. The number of ether oxygens (including phenoxy) is 2. The molecule has 0 spiro atoms. The van der Waals surface area contributed by atoms with Gasteiger partial charge in [-0.15, -0.1) is 5.10 Å². The van der Waals surface area contributed by atoms with Crippen LogP contribution in [0, 0.1) is 11.3 Å². The normalized spacial score (nSPS) is 11.2. The van der Waals surface area contributed by atoms with Crippen molar-refractivity contribution in [3.63, 3.8) is 0 Å². The average molecular weight is 392 g/mol. The lowest BCUT2D eigenvalue weighted by molar-refractivity contribution is -0.153. The number of benzene rings is 2. The first kappa shape index (κ1) is 19.6. The molecule has 146 valence electrons. The van der Waals surface area contributed by atoms with Crippen LogP contribution in [0.1, 0.15) is 12.5 Å². The van der Waals surface area contributed by atoms with Gasteiger partial charge >= 0.3 is 12.0 Å². The van der Waals surface area contributed by atoms with E-state index in [1.165, 1.54) is 6.92 Å². The molecular formula is C20H16N4O5. The molecule has 29 heavy (non-hydrogen) atoms. The summed E-state index contributed by atoms with van der Waals surface area (Å²) in [6.07, 6.45) is -0.941. The van der Waals surface area contributed by atoms with Crippen molar-refractivity contribution in [1.29, 1.82) is 5.26 Å². The van der Waals surface area contributed by atoms with E-state index in [0.717, 1.165) is 0 Å². The third-order valence-electron chi connectivity index (χ3n) is 3.67. The first-order chi connectivity index (χ1) is 14.0. The van der Waals surface area contributed by atoms with E-state index in [-0.39, 0.29) is 11.9 Å². The highest BCUT2D eigenvalue weighted by Gasteiger charge is 2.19. The molecule has 3 aromatic rings. The molecule has 3 rings (SSSR count). The minimum absolute atomic E-state index is 0.105. The van der Waals surface area contributed by atoms with E-state index in [1.807, 2.05) is 24.3 Å². The van der Waals surface area contributed by atoms with Crippen LogP contribution in [0.3, 0.4) is 0 Å². The van der Waals surface area contributed by atoms with Crippen molar-refractivity contribution in [2.24, 2.45) is 0 Å². The Kier molecular flexibility index (Phi) is 6.17. The Bertz CT molecular complexity index is 1030. The molecule has 0 unspecified atom stereocenters. The molecule has 1 atom stereocenters. The standard InChI is InChI=1S/C20H16N4O5/c1-13(28-16-9-7-14(11-21)8-10-16)19(26)27-12-17(25)22-20-24-23-18(29-20)15-5-3-2-4-6-15/h2-10,13H,12H2,1H3,(H,22,24,25)/t13-/m1/s1. The Morgan fingerprint density at radius 2 is 1.86 bits per heavy atom. The number of rotatable bonds is 7. The van der Waals surface area contributed by atoms with Crippen molar-refractivity contribution in [1.82, 2.24) is 10.2 Å². The molecule has 1 heterocycles. The summed E-state index contributed by atoms with van der Waals surface area (Å²) in [6, 6.07) is 17.2. The average Bonchev–Trinajstić information content (AvgIpc) is 3.21. The van der Waals surface area contributed by atoms with Crippen LogP contribution in [-0.4, -0.2) is 34.8 Å². The van der Waals surface area contributed by atoms with E-state index in [1.54, 1.807) is 36.4 Å². The fourth-order valence-corrected chi connectivity index (χ4v) is 2.24. The van der Waals surface area contributed by atoms with E-state index in [0.29, 0.717) is 16.9 Å². The number of aromatic nitrogens is 2. The van der Waals surface area contributed by atoms with Gasteiger partial charge in [-0.05, 0) is 43.3 Å². The maximum Gasteiger partial charge on any atom is 0.347 e. The van der Waals surface area contributed by atoms with Gasteiger partial charge in [0.2, 0.25) is 5.89 Å². The van der Waals surface area contributed by atoms with E-state index in [4.69, 9.17) is 19.2 Å². The van der Waals surface area contributed by atoms with Gasteiger partial charge in [0, 0.05) is 5.56 Å². The molecule has 2 aromatic carbocycles. The number of anilines is 1. The lowest BCUT2D eigenvalue weighted by Gasteiger charge is -2.13. The quantitative estimate of drug-likeness (QED) is 0.608. The predicted molar refractivity (Wildman–Crippen MR) is 101 cm³/mol. The largest absolute Gasteiger partial charge is 0.479 e. The third kappa shape index (κ3) is 5.40. The summed E-state index contributed by atoms with van der Waals surface area (Å²) in [6.45, 7) is 0.950. The third-order valence-corrected chi connectivity index (χ3v) is 3.67. The van der Waals surface area contributed by atoms with Crippen molar-refractivity contribution in [3.05, 3.63) is 60.2 Å². The Labute approximate surface area is 165 Å². The van der Waals surface area contributed by atoms with Crippen LogP contribution in [0.5, 0.6) is 5.75 Å². The molecule has 0 saturated heterocycles. The van der Waals surface area contributed by atoms with Gasteiger partial charge in [0.05, 0.1) is 11.6 Å². The van der Waals surface area contributed by atoms with Gasteiger partial charge in [0.1, 0.15) is 5.75 Å². The number of carbonyl (C=O) groups excluding carboxylic acids is 2. The molecule has 1 aromatic heterocycles. The number of hydrogen-bond donors (Lipinski definition) is 1. The number of nitrogens with one attached hydrogen (secondary N) is 1. The summed E-state index contributed by atoms with van der Waals surface area (Å²) in [5.74, 6) is -0.702. The molecule has 1 amide bonds. The van der Waals surface area contributed by atoms with Crippen LogP contribution in [0.15, 0.2) is 59.0 Å². The first-order valence-corrected chi connectivity index (χ1v) is 8.57. The van der Waals surface area contributed by atoms with Crippen LogP contribution in [-0.2, 0) is 14.3 Å². The Balaban J connectivity index is 1.46. The predicted octanol–water partition coefficient (Wildman–Crippen LogP) is 2.56. The van der Waals surface area contributed by atoms with Gasteiger partial charge in [0.15, 0.2) is 12.7 Å². The Morgan fingerprint density at radius 1 is 1.14 bits per heavy atom. The molecule has 0 aliphatic carbocycles. The van der Waals surface area contributed by atoms with Gasteiger partial charge in [0.25, 0.3) is 5.91 Å². The molecular weight excluding hydrogens is 376 g/mol. The summed E-state index contributed by atoms with van der Waals surface area (Å²) >= 11 is 0. The molecule has 0 aliphatic rings. The SMILES string of the molecule is C[C@@H](Oc1ccc(C#N)cc1)C(=O)OCC(=O)Nc1nnc(-c2ccccc2)o1. The summed E-state index contributed by atoms with van der Waals surface area (Å²) < 4.78 is 15.7. The van der Waals surface area contributed by atoms with E-state index in [2.05, 4.69) is 15.5 Å². The number of nitrogens with zero attached hydrogens (tertiary/aromatic N) is 3. The van der Waals surface area contributed by atoms with Crippen molar-refractivity contribution < 1.29 is 23.5 Å². The maximum atomic E-state index is 12.0. The van der Waals surface area contributed by atoms with E-state index < -0.39 is 24.6 Å². The summed E-state index contributed by atoms with van der Waals surface area (Å²) in [5.41, 5.74) is 1.18. The molecule has 9 nitrogen and oxygen atoms in total. The number of amides is 1. The number of esters is 1. The highest BCUT2D eigenvalue weighted by atomic mass is 16.6. The van der Waals surface area contributed by atoms with Crippen molar-refractivity contribution in [3.8, 4) is 23.3 Å². The maximum absolute atomic E-state index is 12.0. The molecule has 0 radical (unpaired) electrons. The molecule has 1 N–H and O–H groups in total. The molecule has 9 heteroatoms. The van der Waals surface area contributed by atoms with Gasteiger partial charge in [-0.2, -0.15) is 5.26 Å². The van der Waals surface area contributed by atoms with Crippen LogP contribution in [0.4, 0.5) is 6.01 Å². The molecule has 0 saturated carbocycles. The van der Waals surface area contributed by atoms with Crippen LogP contribution >= 0.6 is 0 Å². The number of carbonyl (C=O) groups is 2. The fraction of sp³-hybridized carbons (Fsp3) is 0.150. The minimum atomic E-state index is -0.941. The molecule has 0 fully saturated rings. The Hall–Kier alpha value is -4.19. The van der Waals surface area contributed by atoms with Gasteiger partial charge in [-0.3, -0.25) is 10.1 Å². The molecule has 0 aliphatic heterocycles. The zero-order chi connectivity index (χ0) is 20.6. The van der Waals surface area contributed by atoms with Crippen LogP contribution in [0.25, 0.3) is 11.5 Å². The fourth-order valence-electron chi connectivity index (χ4n) is 2.24. The summed E-state index contributed by atoms with van der Waals surface area (Å²) in [7, 11) is 0. The summed E-state index contributed by atoms with van der Waals surface area (Å²) in [4.78, 5) is 23.9. The van der Waals surface area contributed by atoms with Crippen molar-refractivity contribution in [2.75, 3.05) is 11.9 Å². The smallest absolute Gasteiger partial charge is 0.347 e. The Morgan fingerprint density at radius 3 is 2.55 bits per heavy atom. The van der Waals surface area contributed by atoms with Crippen LogP contribution in [0.2, 0.25) is 0 Å². The zero-order valence-corrected chi connectivity index (χ0v) is 15.4. The molecule has 0 bridgehead atoms. The highest BCUT2D eigenvalue weighted by molar-refractivity contribution is 5.91. The summed E-state index contributed by atoms with van der Waals surface area (Å²) in [5, 5.41) is 18.7. The number of nitriles is 1. The van der Waals surface area contributed by atoms with E-state index in [9.17, 15) is 9.59 Å². The second-order valence-corrected chi connectivity index (χ2v) is 5.83. The monoisotopic (exact) mass is 392 g/mol. The highest BCUT2D eigenvalue weighted by Crippen LogP contribution is 2.19. The van der Waals surface area contributed by atoms with E-state index >= 15 is 0 Å². The zero-order valence-electron chi connectivity index (χ0n) is 15.4. The number of hydrogen-bond acceptors (Lipinski definition) is 8. The van der Waals surface area contributed by atoms with Gasteiger partial charge in [-0.25, -0.2) is 4.79 Å².